The van der Waals surface area contributed by atoms with Crippen LogP contribution in [0.15, 0.2) is 12.3 Å². The third kappa shape index (κ3) is 2.00. The number of aromatic nitrogens is 2. The van der Waals surface area contributed by atoms with Crippen LogP contribution in [0.3, 0.4) is 0 Å². The summed E-state index contributed by atoms with van der Waals surface area (Å²) in [4.78, 5) is 0. The van der Waals surface area contributed by atoms with E-state index in [2.05, 4.69) is 5.10 Å². The van der Waals surface area contributed by atoms with Crippen molar-refractivity contribution in [1.29, 1.82) is 0 Å². The van der Waals surface area contributed by atoms with Crippen LogP contribution in [-0.2, 0) is 17.5 Å². The number of hydrogen-bond donors (Lipinski definition) is 0. The highest BCUT2D eigenvalue weighted by Crippen LogP contribution is 2.27. The molecule has 0 bridgehead atoms. The van der Waals surface area contributed by atoms with Gasteiger partial charge >= 0.3 is 6.18 Å². The molecule has 0 aromatic carbocycles. The summed E-state index contributed by atoms with van der Waals surface area (Å²) in [6, 6.07) is 0.961. The van der Waals surface area contributed by atoms with Gasteiger partial charge in [-0.05, 0) is 6.07 Å². The zero-order chi connectivity index (χ0) is 9.47. The summed E-state index contributed by atoms with van der Waals surface area (Å²) in [6.45, 7) is 1.01. The quantitative estimate of drug-likeness (QED) is 0.661. The summed E-state index contributed by atoms with van der Waals surface area (Å²) in [6.07, 6.45) is -3.00. The van der Waals surface area contributed by atoms with Crippen molar-refractivity contribution in [3.05, 3.63) is 18.0 Å². The van der Waals surface area contributed by atoms with Gasteiger partial charge in [-0.15, -0.1) is 0 Å². The van der Waals surface area contributed by atoms with Crippen LogP contribution in [0, 0.1) is 0 Å². The molecule has 13 heavy (non-hydrogen) atoms. The Kier molecular flexibility index (Phi) is 1.80. The van der Waals surface area contributed by atoms with E-state index in [4.69, 9.17) is 4.74 Å². The highest BCUT2D eigenvalue weighted by molar-refractivity contribution is 5.03. The maximum Gasteiger partial charge on any atom is 0.435 e. The smallest absolute Gasteiger partial charge is 0.371 e. The van der Waals surface area contributed by atoms with Crippen LogP contribution in [0.25, 0.3) is 0 Å². The van der Waals surface area contributed by atoms with Gasteiger partial charge in [-0.25, -0.2) is 0 Å². The second-order valence-corrected chi connectivity index (χ2v) is 2.88. The lowest BCUT2D eigenvalue weighted by molar-refractivity contribution is -0.141. The van der Waals surface area contributed by atoms with Gasteiger partial charge in [-0.2, -0.15) is 18.3 Å². The Morgan fingerprint density at radius 3 is 2.77 bits per heavy atom. The molecule has 1 unspecified atom stereocenters. The Bertz CT molecular complexity index is 303. The van der Waals surface area contributed by atoms with Crippen LogP contribution < -0.4 is 0 Å². The van der Waals surface area contributed by atoms with Crippen LogP contribution in [-0.4, -0.2) is 22.5 Å². The number of rotatable bonds is 2. The summed E-state index contributed by atoms with van der Waals surface area (Å²) in [5.41, 5.74) is -0.854. The highest BCUT2D eigenvalue weighted by atomic mass is 19.4. The van der Waals surface area contributed by atoms with Crippen molar-refractivity contribution in [2.24, 2.45) is 0 Å². The monoisotopic (exact) mass is 192 g/mol. The summed E-state index contributed by atoms with van der Waals surface area (Å²) >= 11 is 0. The maximum absolute atomic E-state index is 12.0. The first kappa shape index (κ1) is 8.55. The van der Waals surface area contributed by atoms with E-state index in [-0.39, 0.29) is 6.10 Å². The molecular formula is C7H7F3N2O. The fourth-order valence-electron chi connectivity index (χ4n) is 0.997. The van der Waals surface area contributed by atoms with Gasteiger partial charge in [0.05, 0.1) is 13.2 Å². The molecule has 0 radical (unpaired) electrons. The molecule has 1 aliphatic rings. The van der Waals surface area contributed by atoms with Gasteiger partial charge in [0, 0.05) is 6.20 Å². The molecule has 0 N–H and O–H groups in total. The van der Waals surface area contributed by atoms with Gasteiger partial charge in [-0.1, -0.05) is 0 Å². The largest absolute Gasteiger partial charge is 0.435 e. The lowest BCUT2D eigenvalue weighted by atomic mass is 10.4. The fraction of sp³-hybridized carbons (Fsp3) is 0.571. The molecule has 6 heteroatoms. The standard InChI is InChI=1S/C7H7F3N2O/c8-7(9,10)6-1-2-12(11-6)3-5-4-13-5/h1-2,5H,3-4H2. The molecule has 3 nitrogen and oxygen atoms in total. The maximum atomic E-state index is 12.0. The fourth-order valence-corrected chi connectivity index (χ4v) is 0.997. The van der Waals surface area contributed by atoms with Crippen molar-refractivity contribution in [3.8, 4) is 0 Å². The molecule has 72 valence electrons. The molecule has 0 aliphatic carbocycles. The number of nitrogens with zero attached hydrogens (tertiary/aromatic N) is 2. The van der Waals surface area contributed by atoms with Gasteiger partial charge < -0.3 is 4.74 Å². The molecule has 1 aromatic rings. The van der Waals surface area contributed by atoms with Gasteiger partial charge in [0.15, 0.2) is 5.69 Å². The highest BCUT2D eigenvalue weighted by Gasteiger charge is 2.34. The minimum atomic E-state index is -4.35. The summed E-state index contributed by atoms with van der Waals surface area (Å²) in [7, 11) is 0. The Labute approximate surface area is 72.1 Å². The van der Waals surface area contributed by atoms with E-state index in [9.17, 15) is 13.2 Å². The summed E-state index contributed by atoms with van der Waals surface area (Å²) < 4.78 is 42.3. The molecule has 1 fully saturated rings. The Morgan fingerprint density at radius 1 is 1.62 bits per heavy atom. The zero-order valence-electron chi connectivity index (χ0n) is 6.58. The van der Waals surface area contributed by atoms with Crippen molar-refractivity contribution in [1.82, 2.24) is 9.78 Å². The molecule has 0 saturated carbocycles. The van der Waals surface area contributed by atoms with Crippen molar-refractivity contribution >= 4 is 0 Å². The first-order valence-corrected chi connectivity index (χ1v) is 3.78. The number of ether oxygens (including phenoxy) is 1. The molecule has 1 aromatic heterocycles. The summed E-state index contributed by atoms with van der Waals surface area (Å²) in [5, 5.41) is 3.37. The Hall–Kier alpha value is -1.04. The van der Waals surface area contributed by atoms with Crippen LogP contribution in [0.1, 0.15) is 5.69 Å². The lowest BCUT2D eigenvalue weighted by Gasteiger charge is -2.00. The van der Waals surface area contributed by atoms with E-state index >= 15 is 0 Å². The normalized spacial score (nSPS) is 21.9. The molecule has 1 saturated heterocycles. The van der Waals surface area contributed by atoms with Gasteiger partial charge in [-0.3, -0.25) is 4.68 Å². The van der Waals surface area contributed by atoms with E-state index < -0.39 is 11.9 Å². The molecule has 0 spiro atoms. The molecule has 2 rings (SSSR count). The number of epoxide rings is 1. The summed E-state index contributed by atoms with van der Waals surface area (Å²) in [5.74, 6) is 0. The van der Waals surface area contributed by atoms with Crippen LogP contribution in [0.4, 0.5) is 13.2 Å². The van der Waals surface area contributed by atoms with E-state index in [0.717, 1.165) is 6.07 Å². The molecule has 2 heterocycles. The number of halogens is 3. The van der Waals surface area contributed by atoms with Crippen molar-refractivity contribution in [2.75, 3.05) is 6.61 Å². The predicted octanol–water partition coefficient (Wildman–Crippen LogP) is 1.30. The lowest BCUT2D eigenvalue weighted by Crippen LogP contribution is -2.09. The van der Waals surface area contributed by atoms with E-state index in [0.29, 0.717) is 13.2 Å². The number of hydrogen-bond acceptors (Lipinski definition) is 2. The molecule has 1 aliphatic heterocycles. The average Bonchev–Trinajstić information content (AvgIpc) is 2.63. The van der Waals surface area contributed by atoms with Crippen molar-refractivity contribution < 1.29 is 17.9 Å². The van der Waals surface area contributed by atoms with E-state index in [1.54, 1.807) is 0 Å². The van der Waals surface area contributed by atoms with Crippen LogP contribution >= 0.6 is 0 Å². The molecule has 1 atom stereocenters. The topological polar surface area (TPSA) is 30.4 Å². The molecule has 0 amide bonds. The van der Waals surface area contributed by atoms with Gasteiger partial charge in [0.1, 0.15) is 6.10 Å². The van der Waals surface area contributed by atoms with Crippen molar-refractivity contribution in [2.45, 2.75) is 18.8 Å². The van der Waals surface area contributed by atoms with Crippen molar-refractivity contribution in [3.63, 3.8) is 0 Å². The first-order chi connectivity index (χ1) is 6.05. The first-order valence-electron chi connectivity index (χ1n) is 3.78. The third-order valence-electron chi connectivity index (χ3n) is 1.72. The van der Waals surface area contributed by atoms with E-state index in [1.165, 1.54) is 10.9 Å². The SMILES string of the molecule is FC(F)(F)c1ccn(CC2CO2)n1. The predicted molar refractivity (Wildman–Crippen MR) is 37.0 cm³/mol. The zero-order valence-corrected chi connectivity index (χ0v) is 6.58. The second kappa shape index (κ2) is 2.73. The Morgan fingerprint density at radius 2 is 2.31 bits per heavy atom. The third-order valence-corrected chi connectivity index (χ3v) is 1.72. The van der Waals surface area contributed by atoms with E-state index in [1.807, 2.05) is 0 Å². The average molecular weight is 192 g/mol. The van der Waals surface area contributed by atoms with Gasteiger partial charge in [0.25, 0.3) is 0 Å². The Balaban J connectivity index is 2.08. The minimum Gasteiger partial charge on any atom is -0.371 e. The van der Waals surface area contributed by atoms with Crippen LogP contribution in [0.5, 0.6) is 0 Å². The second-order valence-electron chi connectivity index (χ2n) is 2.88. The molecular weight excluding hydrogens is 185 g/mol. The minimum absolute atomic E-state index is 0.0426. The van der Waals surface area contributed by atoms with Gasteiger partial charge in [0.2, 0.25) is 0 Å². The van der Waals surface area contributed by atoms with Crippen LogP contribution in [0.2, 0.25) is 0 Å². The number of alkyl halides is 3.